The molecular formula is C23H24Cl2N4O2S. The SMILES string of the molecule is Nc1ncc(-c2cccc(NCC3CCN(C(=O)OCc4cc(Cl)cc(Cl)c4)CC3)c2)s1. The van der Waals surface area contributed by atoms with Crippen LogP contribution in [-0.4, -0.2) is 35.6 Å². The lowest BCUT2D eigenvalue weighted by molar-refractivity contribution is 0.0832. The van der Waals surface area contributed by atoms with Crippen LogP contribution in [0.1, 0.15) is 18.4 Å². The normalized spacial score (nSPS) is 14.4. The van der Waals surface area contributed by atoms with E-state index in [0.717, 1.165) is 41.1 Å². The number of nitrogens with one attached hydrogen (secondary N) is 1. The Morgan fingerprint density at radius 2 is 1.94 bits per heavy atom. The molecule has 1 saturated heterocycles. The Balaban J connectivity index is 1.22. The number of halogens is 2. The van der Waals surface area contributed by atoms with Crippen LogP contribution in [0.25, 0.3) is 10.4 Å². The lowest BCUT2D eigenvalue weighted by Crippen LogP contribution is -2.40. The lowest BCUT2D eigenvalue weighted by Gasteiger charge is -2.31. The third-order valence-electron chi connectivity index (χ3n) is 5.42. The third-order valence-corrected chi connectivity index (χ3v) is 6.73. The molecule has 4 rings (SSSR count). The van der Waals surface area contributed by atoms with E-state index in [0.29, 0.717) is 34.2 Å². The Bertz CT molecular complexity index is 1060. The van der Waals surface area contributed by atoms with Gasteiger partial charge in [0, 0.05) is 41.6 Å². The first kappa shape index (κ1) is 22.7. The standard InChI is InChI=1S/C23H24Cl2N4O2S/c24-18-8-16(9-19(25)11-18)14-31-23(30)29-6-4-15(5-7-29)12-27-20-3-1-2-17(10-20)21-13-28-22(26)32-21/h1-3,8-11,13,15,27H,4-7,12,14H2,(H2,26,28). The van der Waals surface area contributed by atoms with Crippen molar-refractivity contribution in [3.05, 3.63) is 64.3 Å². The Kier molecular flexibility index (Phi) is 7.40. The summed E-state index contributed by atoms with van der Waals surface area (Å²) in [5.41, 5.74) is 8.69. The number of likely N-dealkylation sites (tertiary alicyclic amines) is 1. The van der Waals surface area contributed by atoms with E-state index in [1.807, 2.05) is 6.07 Å². The van der Waals surface area contributed by atoms with Crippen molar-refractivity contribution >= 4 is 51.5 Å². The van der Waals surface area contributed by atoms with Crippen molar-refractivity contribution < 1.29 is 9.53 Å². The molecule has 0 bridgehead atoms. The maximum Gasteiger partial charge on any atom is 0.410 e. The van der Waals surface area contributed by atoms with Crippen LogP contribution in [0, 0.1) is 5.92 Å². The number of piperidine rings is 1. The molecule has 3 N–H and O–H groups in total. The number of thiazole rings is 1. The van der Waals surface area contributed by atoms with Crippen molar-refractivity contribution in [2.24, 2.45) is 5.92 Å². The average molecular weight is 491 g/mol. The zero-order valence-corrected chi connectivity index (χ0v) is 19.7. The van der Waals surface area contributed by atoms with E-state index < -0.39 is 0 Å². The minimum atomic E-state index is -0.302. The molecule has 1 amide bonds. The third kappa shape index (κ3) is 6.06. The number of nitrogens with zero attached hydrogens (tertiary/aromatic N) is 2. The quantitative estimate of drug-likeness (QED) is 0.432. The number of nitrogens with two attached hydrogens (primary N) is 1. The van der Waals surface area contributed by atoms with Gasteiger partial charge in [0.1, 0.15) is 6.61 Å². The van der Waals surface area contributed by atoms with Crippen molar-refractivity contribution in [3.8, 4) is 10.4 Å². The van der Waals surface area contributed by atoms with E-state index in [9.17, 15) is 4.79 Å². The highest BCUT2D eigenvalue weighted by Crippen LogP contribution is 2.29. The van der Waals surface area contributed by atoms with Crippen molar-refractivity contribution in [1.82, 2.24) is 9.88 Å². The maximum atomic E-state index is 12.4. The molecule has 32 heavy (non-hydrogen) atoms. The van der Waals surface area contributed by atoms with E-state index in [1.54, 1.807) is 29.3 Å². The van der Waals surface area contributed by atoms with Gasteiger partial charge in [0.15, 0.2) is 5.13 Å². The molecule has 0 radical (unpaired) electrons. The molecular weight excluding hydrogens is 467 g/mol. The molecule has 1 aromatic heterocycles. The zero-order valence-electron chi connectivity index (χ0n) is 17.4. The summed E-state index contributed by atoms with van der Waals surface area (Å²) in [6.45, 7) is 2.38. The van der Waals surface area contributed by atoms with Crippen LogP contribution in [0.15, 0.2) is 48.7 Å². The summed E-state index contributed by atoms with van der Waals surface area (Å²) in [4.78, 5) is 19.3. The summed E-state index contributed by atoms with van der Waals surface area (Å²) in [6.07, 6.45) is 3.35. The molecule has 0 aliphatic carbocycles. The molecule has 1 aliphatic heterocycles. The zero-order chi connectivity index (χ0) is 22.5. The number of aromatic nitrogens is 1. The van der Waals surface area contributed by atoms with Gasteiger partial charge in [0.2, 0.25) is 0 Å². The molecule has 1 fully saturated rings. The van der Waals surface area contributed by atoms with Gasteiger partial charge in [0.25, 0.3) is 0 Å². The van der Waals surface area contributed by atoms with E-state index in [1.165, 1.54) is 11.3 Å². The van der Waals surface area contributed by atoms with Crippen molar-refractivity contribution in [2.75, 3.05) is 30.7 Å². The number of benzene rings is 2. The van der Waals surface area contributed by atoms with E-state index in [2.05, 4.69) is 28.5 Å². The monoisotopic (exact) mass is 490 g/mol. The Labute approximate surface area is 201 Å². The van der Waals surface area contributed by atoms with E-state index >= 15 is 0 Å². The first-order valence-electron chi connectivity index (χ1n) is 10.4. The topological polar surface area (TPSA) is 80.5 Å². The van der Waals surface area contributed by atoms with Crippen LogP contribution < -0.4 is 11.1 Å². The second-order valence-electron chi connectivity index (χ2n) is 7.79. The predicted octanol–water partition coefficient (Wildman–Crippen LogP) is 6.16. The van der Waals surface area contributed by atoms with Crippen LogP contribution in [0.5, 0.6) is 0 Å². The van der Waals surface area contributed by atoms with Gasteiger partial charge in [-0.05, 0) is 60.2 Å². The number of carbonyl (C=O) groups excluding carboxylic acids is 1. The average Bonchev–Trinajstić information content (AvgIpc) is 3.22. The van der Waals surface area contributed by atoms with E-state index in [4.69, 9.17) is 33.7 Å². The largest absolute Gasteiger partial charge is 0.445 e. The van der Waals surface area contributed by atoms with Gasteiger partial charge < -0.3 is 20.7 Å². The summed E-state index contributed by atoms with van der Waals surface area (Å²) >= 11 is 13.5. The molecule has 3 aromatic rings. The molecule has 2 heterocycles. The molecule has 9 heteroatoms. The van der Waals surface area contributed by atoms with Gasteiger partial charge in [-0.1, -0.05) is 46.7 Å². The van der Waals surface area contributed by atoms with Gasteiger partial charge in [-0.25, -0.2) is 9.78 Å². The van der Waals surface area contributed by atoms with Gasteiger partial charge in [0.05, 0.1) is 4.88 Å². The van der Waals surface area contributed by atoms with Gasteiger partial charge in [-0.3, -0.25) is 0 Å². The van der Waals surface area contributed by atoms with Crippen LogP contribution >= 0.6 is 34.5 Å². The number of amides is 1. The number of anilines is 2. The van der Waals surface area contributed by atoms with Gasteiger partial charge in [-0.2, -0.15) is 0 Å². The highest BCUT2D eigenvalue weighted by Gasteiger charge is 2.23. The van der Waals surface area contributed by atoms with E-state index in [-0.39, 0.29) is 12.7 Å². The fourth-order valence-corrected chi connectivity index (χ4v) is 4.97. The summed E-state index contributed by atoms with van der Waals surface area (Å²) in [6, 6.07) is 13.4. The van der Waals surface area contributed by atoms with Crippen LogP contribution in [0.2, 0.25) is 10.0 Å². The minimum absolute atomic E-state index is 0.155. The molecule has 1 aliphatic rings. The fraction of sp³-hybridized carbons (Fsp3) is 0.304. The molecule has 0 unspecified atom stereocenters. The second-order valence-corrected chi connectivity index (χ2v) is 9.72. The minimum Gasteiger partial charge on any atom is -0.445 e. The predicted molar refractivity (Wildman–Crippen MR) is 131 cm³/mol. The Morgan fingerprint density at radius 1 is 1.19 bits per heavy atom. The highest BCUT2D eigenvalue weighted by atomic mass is 35.5. The molecule has 0 spiro atoms. The Hall–Kier alpha value is -2.48. The first-order valence-corrected chi connectivity index (χ1v) is 12.0. The Morgan fingerprint density at radius 3 is 2.62 bits per heavy atom. The number of nitrogen functional groups attached to an aromatic ring is 1. The smallest absolute Gasteiger partial charge is 0.410 e. The molecule has 0 saturated carbocycles. The maximum absolute atomic E-state index is 12.4. The highest BCUT2D eigenvalue weighted by molar-refractivity contribution is 7.18. The van der Waals surface area contributed by atoms with Crippen LogP contribution in [-0.2, 0) is 11.3 Å². The summed E-state index contributed by atoms with van der Waals surface area (Å²) in [5, 5.41) is 5.15. The van der Waals surface area contributed by atoms with Gasteiger partial charge in [-0.15, -0.1) is 0 Å². The fourth-order valence-electron chi connectivity index (χ4n) is 3.72. The van der Waals surface area contributed by atoms with Crippen LogP contribution in [0.4, 0.5) is 15.6 Å². The first-order chi connectivity index (χ1) is 15.5. The van der Waals surface area contributed by atoms with Gasteiger partial charge >= 0.3 is 6.09 Å². The molecule has 6 nitrogen and oxygen atoms in total. The number of rotatable bonds is 6. The number of ether oxygens (including phenoxy) is 1. The number of hydrogen-bond acceptors (Lipinski definition) is 6. The lowest BCUT2D eigenvalue weighted by atomic mass is 9.97. The molecule has 2 aromatic carbocycles. The molecule has 168 valence electrons. The summed E-state index contributed by atoms with van der Waals surface area (Å²) in [7, 11) is 0. The summed E-state index contributed by atoms with van der Waals surface area (Å²) < 4.78 is 5.44. The summed E-state index contributed by atoms with van der Waals surface area (Å²) in [5.74, 6) is 0.494. The molecule has 0 atom stereocenters. The van der Waals surface area contributed by atoms with Crippen molar-refractivity contribution in [1.29, 1.82) is 0 Å². The van der Waals surface area contributed by atoms with Crippen molar-refractivity contribution in [3.63, 3.8) is 0 Å². The van der Waals surface area contributed by atoms with Crippen molar-refractivity contribution in [2.45, 2.75) is 19.4 Å². The second kappa shape index (κ2) is 10.4. The number of carbonyl (C=O) groups is 1. The van der Waals surface area contributed by atoms with Crippen LogP contribution in [0.3, 0.4) is 0 Å². The number of hydrogen-bond donors (Lipinski definition) is 2.